The van der Waals surface area contributed by atoms with Gasteiger partial charge in [-0.25, -0.2) is 4.79 Å². The number of rotatable bonds is 3. The number of amides is 1. The lowest BCUT2D eigenvalue weighted by Crippen LogP contribution is -2.53. The van der Waals surface area contributed by atoms with E-state index in [4.69, 9.17) is 9.47 Å². The molecule has 1 aliphatic carbocycles. The predicted molar refractivity (Wildman–Crippen MR) is 91.6 cm³/mol. The first-order valence-electron chi connectivity index (χ1n) is 9.27. The largest absolute Gasteiger partial charge is 0.444 e. The Morgan fingerprint density at radius 1 is 0.957 bits per heavy atom. The Balaban J connectivity index is 1.91. The molecule has 0 aromatic heterocycles. The Hall–Kier alpha value is -0.810. The lowest BCUT2D eigenvalue weighted by atomic mass is 10.00. The zero-order chi connectivity index (χ0) is 16.7. The van der Waals surface area contributed by atoms with Crippen molar-refractivity contribution < 1.29 is 14.3 Å². The van der Waals surface area contributed by atoms with E-state index in [1.54, 1.807) is 0 Å². The third-order valence-electron chi connectivity index (χ3n) is 4.62. The van der Waals surface area contributed by atoms with Crippen molar-refractivity contribution >= 4 is 6.09 Å². The average Bonchev–Trinajstić information content (AvgIpc) is 2.81. The molecule has 2 N–H and O–H groups in total. The Morgan fingerprint density at radius 2 is 1.70 bits per heavy atom. The van der Waals surface area contributed by atoms with Gasteiger partial charge in [0.05, 0.1) is 0 Å². The van der Waals surface area contributed by atoms with Gasteiger partial charge in [0.15, 0.2) is 0 Å². The molecule has 1 heterocycles. The van der Waals surface area contributed by atoms with Crippen molar-refractivity contribution in [3.05, 3.63) is 0 Å². The molecular weight excluding hydrogens is 292 g/mol. The van der Waals surface area contributed by atoms with Gasteiger partial charge in [-0.05, 0) is 52.9 Å². The van der Waals surface area contributed by atoms with E-state index in [1.807, 2.05) is 20.8 Å². The summed E-state index contributed by atoms with van der Waals surface area (Å²) in [6.45, 7) is 7.43. The van der Waals surface area contributed by atoms with Gasteiger partial charge in [-0.2, -0.15) is 0 Å². The van der Waals surface area contributed by atoms with Gasteiger partial charge in [0, 0.05) is 31.3 Å². The fraction of sp³-hybridized carbons (Fsp3) is 0.944. The van der Waals surface area contributed by atoms with Crippen LogP contribution in [0.25, 0.3) is 0 Å². The molecule has 0 radical (unpaired) electrons. The van der Waals surface area contributed by atoms with Crippen LogP contribution < -0.4 is 10.6 Å². The maximum atomic E-state index is 12.2. The lowest BCUT2D eigenvalue weighted by molar-refractivity contribution is 0.0487. The first-order chi connectivity index (χ1) is 10.9. The van der Waals surface area contributed by atoms with Gasteiger partial charge in [0.1, 0.15) is 5.60 Å². The van der Waals surface area contributed by atoms with E-state index >= 15 is 0 Å². The first-order valence-corrected chi connectivity index (χ1v) is 9.27. The summed E-state index contributed by atoms with van der Waals surface area (Å²) >= 11 is 0. The van der Waals surface area contributed by atoms with Crippen LogP contribution in [0, 0.1) is 0 Å². The zero-order valence-corrected chi connectivity index (χ0v) is 15.0. The van der Waals surface area contributed by atoms with Crippen molar-refractivity contribution in [2.75, 3.05) is 13.2 Å². The summed E-state index contributed by atoms with van der Waals surface area (Å²) in [6.07, 6.45) is 8.86. The van der Waals surface area contributed by atoms with Crippen molar-refractivity contribution in [3.63, 3.8) is 0 Å². The highest BCUT2D eigenvalue weighted by Crippen LogP contribution is 2.21. The van der Waals surface area contributed by atoms with E-state index < -0.39 is 5.60 Å². The van der Waals surface area contributed by atoms with Crippen LogP contribution in [0.3, 0.4) is 0 Å². The number of nitrogens with one attached hydrogen (secondary N) is 2. The monoisotopic (exact) mass is 326 g/mol. The van der Waals surface area contributed by atoms with Gasteiger partial charge in [-0.3, -0.25) is 0 Å². The molecule has 0 bridgehead atoms. The molecule has 5 heteroatoms. The SMILES string of the molecule is CC(C)(C)OC(=O)NC1CCCCCC1NC1CCCOCC1. The fourth-order valence-corrected chi connectivity index (χ4v) is 3.51. The molecule has 0 aromatic rings. The van der Waals surface area contributed by atoms with Crippen LogP contribution in [-0.2, 0) is 9.47 Å². The summed E-state index contributed by atoms with van der Waals surface area (Å²) in [5, 5.41) is 6.92. The number of ether oxygens (including phenoxy) is 2. The molecule has 134 valence electrons. The molecule has 2 rings (SSSR count). The summed E-state index contributed by atoms with van der Waals surface area (Å²) in [6, 6.07) is 1.01. The van der Waals surface area contributed by atoms with Gasteiger partial charge in [-0.1, -0.05) is 19.3 Å². The number of carbonyl (C=O) groups is 1. The smallest absolute Gasteiger partial charge is 0.407 e. The number of hydrogen-bond donors (Lipinski definition) is 2. The van der Waals surface area contributed by atoms with Gasteiger partial charge >= 0.3 is 6.09 Å². The normalized spacial score (nSPS) is 30.1. The minimum absolute atomic E-state index is 0.163. The molecular formula is C18H34N2O3. The second-order valence-electron chi connectivity index (χ2n) is 7.90. The molecule has 1 aliphatic heterocycles. The topological polar surface area (TPSA) is 59.6 Å². The predicted octanol–water partition coefficient (Wildman–Crippen LogP) is 3.37. The lowest BCUT2D eigenvalue weighted by Gasteiger charge is -2.31. The molecule has 3 unspecified atom stereocenters. The summed E-state index contributed by atoms with van der Waals surface area (Å²) in [7, 11) is 0. The molecule has 23 heavy (non-hydrogen) atoms. The van der Waals surface area contributed by atoms with Crippen LogP contribution in [0.15, 0.2) is 0 Å². The van der Waals surface area contributed by atoms with Crippen molar-refractivity contribution in [1.29, 1.82) is 0 Å². The molecule has 0 spiro atoms. The highest BCUT2D eigenvalue weighted by Gasteiger charge is 2.29. The number of hydrogen-bond acceptors (Lipinski definition) is 4. The Kier molecular flexibility index (Phi) is 7.15. The molecule has 0 aromatic carbocycles. The molecule has 3 atom stereocenters. The Morgan fingerprint density at radius 3 is 2.43 bits per heavy atom. The third-order valence-corrected chi connectivity index (χ3v) is 4.62. The van der Waals surface area contributed by atoms with Gasteiger partial charge in [-0.15, -0.1) is 0 Å². The fourth-order valence-electron chi connectivity index (χ4n) is 3.51. The minimum atomic E-state index is -0.448. The maximum Gasteiger partial charge on any atom is 0.407 e. The highest BCUT2D eigenvalue weighted by atomic mass is 16.6. The molecule has 2 aliphatic rings. The standard InChI is InChI=1S/C18H34N2O3/c1-18(2,3)23-17(21)20-16-10-6-4-5-9-15(16)19-14-8-7-12-22-13-11-14/h14-16,19H,4-13H2,1-3H3,(H,20,21). The van der Waals surface area contributed by atoms with E-state index in [9.17, 15) is 4.79 Å². The molecule has 5 nitrogen and oxygen atoms in total. The quantitative estimate of drug-likeness (QED) is 0.781. The second kappa shape index (κ2) is 8.88. The van der Waals surface area contributed by atoms with E-state index in [0.717, 1.165) is 45.3 Å². The van der Waals surface area contributed by atoms with Crippen LogP contribution in [-0.4, -0.2) is 43.0 Å². The van der Waals surface area contributed by atoms with Crippen LogP contribution in [0.2, 0.25) is 0 Å². The summed E-state index contributed by atoms with van der Waals surface area (Å²) in [5.74, 6) is 0. The third kappa shape index (κ3) is 7.08. The highest BCUT2D eigenvalue weighted by molar-refractivity contribution is 5.68. The molecule has 1 saturated carbocycles. The Labute approximate surface area is 140 Å². The number of alkyl carbamates (subject to hydrolysis) is 1. The molecule has 2 fully saturated rings. The summed E-state index contributed by atoms with van der Waals surface area (Å²) in [5.41, 5.74) is -0.448. The van der Waals surface area contributed by atoms with Crippen LogP contribution >= 0.6 is 0 Å². The van der Waals surface area contributed by atoms with Crippen molar-refractivity contribution in [1.82, 2.24) is 10.6 Å². The maximum absolute atomic E-state index is 12.2. The van der Waals surface area contributed by atoms with Crippen LogP contribution in [0.4, 0.5) is 4.79 Å². The Bertz CT molecular complexity index is 360. The van der Waals surface area contributed by atoms with E-state index in [0.29, 0.717) is 12.1 Å². The van der Waals surface area contributed by atoms with Gasteiger partial charge in [0.2, 0.25) is 0 Å². The van der Waals surface area contributed by atoms with Crippen molar-refractivity contribution in [2.45, 2.75) is 95.9 Å². The second-order valence-corrected chi connectivity index (χ2v) is 7.90. The molecule has 1 amide bonds. The summed E-state index contributed by atoms with van der Waals surface area (Å²) in [4.78, 5) is 12.2. The van der Waals surface area contributed by atoms with Gasteiger partial charge < -0.3 is 20.1 Å². The van der Waals surface area contributed by atoms with E-state index in [2.05, 4.69) is 10.6 Å². The summed E-state index contributed by atoms with van der Waals surface area (Å²) < 4.78 is 11.0. The minimum Gasteiger partial charge on any atom is -0.444 e. The molecule has 1 saturated heterocycles. The first kappa shape index (κ1) is 18.5. The van der Waals surface area contributed by atoms with Crippen molar-refractivity contribution in [2.24, 2.45) is 0 Å². The zero-order valence-electron chi connectivity index (χ0n) is 15.0. The number of carbonyl (C=O) groups excluding carboxylic acids is 1. The van der Waals surface area contributed by atoms with Crippen molar-refractivity contribution in [3.8, 4) is 0 Å². The van der Waals surface area contributed by atoms with Gasteiger partial charge in [0.25, 0.3) is 0 Å². The van der Waals surface area contributed by atoms with E-state index in [1.165, 1.54) is 19.3 Å². The van der Waals surface area contributed by atoms with E-state index in [-0.39, 0.29) is 12.1 Å². The average molecular weight is 326 g/mol. The van der Waals surface area contributed by atoms with Crippen LogP contribution in [0.1, 0.15) is 72.1 Å². The van der Waals surface area contributed by atoms with Crippen LogP contribution in [0.5, 0.6) is 0 Å².